The van der Waals surface area contributed by atoms with Crippen LogP contribution in [0.5, 0.6) is 11.5 Å². The van der Waals surface area contributed by atoms with Gasteiger partial charge in [0.2, 0.25) is 0 Å². The number of para-hydroxylation sites is 1. The average molecular weight is 551 g/mol. The predicted molar refractivity (Wildman–Crippen MR) is 134 cm³/mol. The van der Waals surface area contributed by atoms with Crippen LogP contribution in [-0.2, 0) is 11.3 Å². The molecule has 0 aliphatic rings. The van der Waals surface area contributed by atoms with Crippen molar-refractivity contribution >= 4 is 51.5 Å². The van der Waals surface area contributed by atoms with Crippen LogP contribution in [0.2, 0.25) is 5.02 Å². The summed E-state index contributed by atoms with van der Waals surface area (Å²) in [6.07, 6.45) is 0. The number of amides is 1. The summed E-state index contributed by atoms with van der Waals surface area (Å²) in [5.41, 5.74) is 3.71. The number of carbonyl (C=O) groups excluding carboxylic acids is 1. The van der Waals surface area contributed by atoms with Gasteiger partial charge in [0.15, 0.2) is 18.1 Å². The lowest BCUT2D eigenvalue weighted by atomic mass is 10.2. The lowest BCUT2D eigenvalue weighted by molar-refractivity contribution is -0.118. The summed E-state index contributed by atoms with van der Waals surface area (Å²) in [5.74, 6) is 0.936. The van der Waals surface area contributed by atoms with Gasteiger partial charge in [-0.2, -0.15) is 0 Å². The van der Waals surface area contributed by atoms with Gasteiger partial charge in [-0.05, 0) is 84.0 Å². The number of hydrogen-bond acceptors (Lipinski definition) is 4. The maximum Gasteiger partial charge on any atom is 0.262 e. The van der Waals surface area contributed by atoms with Gasteiger partial charge in [-0.3, -0.25) is 4.79 Å². The smallest absolute Gasteiger partial charge is 0.262 e. The Kier molecular flexibility index (Phi) is 8.43. The molecule has 0 saturated carbocycles. The Balaban J connectivity index is 1.68. The molecule has 0 unspecified atom stereocenters. The van der Waals surface area contributed by atoms with Crippen LogP contribution in [0.3, 0.4) is 0 Å². The van der Waals surface area contributed by atoms with E-state index in [1.165, 1.54) is 0 Å². The molecule has 0 atom stereocenters. The van der Waals surface area contributed by atoms with Crippen LogP contribution < -0.4 is 20.1 Å². The molecule has 5 nitrogen and oxygen atoms in total. The molecule has 2 N–H and O–H groups in total. The highest BCUT2D eigenvalue weighted by Gasteiger charge is 2.14. The summed E-state index contributed by atoms with van der Waals surface area (Å²) in [6, 6.07) is 19.2. The maximum absolute atomic E-state index is 12.3. The topological polar surface area (TPSA) is 59.6 Å². The van der Waals surface area contributed by atoms with Crippen molar-refractivity contribution in [1.29, 1.82) is 0 Å². The summed E-state index contributed by atoms with van der Waals surface area (Å²) in [4.78, 5) is 12.3. The van der Waals surface area contributed by atoms with E-state index in [0.717, 1.165) is 26.1 Å². The number of aryl methyl sites for hydroxylation is 1. The molecule has 0 heterocycles. The minimum absolute atomic E-state index is 0.110. The van der Waals surface area contributed by atoms with Gasteiger partial charge >= 0.3 is 0 Å². The Labute approximate surface area is 201 Å². The van der Waals surface area contributed by atoms with Crippen LogP contribution in [0, 0.1) is 10.5 Å². The first kappa shape index (κ1) is 23.2. The lowest BCUT2D eigenvalue weighted by Gasteiger charge is -2.16. The molecule has 7 heteroatoms. The van der Waals surface area contributed by atoms with Crippen molar-refractivity contribution in [2.75, 3.05) is 23.8 Å². The molecular weight excluding hydrogens is 527 g/mol. The van der Waals surface area contributed by atoms with Crippen LogP contribution in [0.1, 0.15) is 18.1 Å². The Morgan fingerprint density at radius 1 is 1.06 bits per heavy atom. The normalized spacial score (nSPS) is 10.5. The van der Waals surface area contributed by atoms with Gasteiger partial charge in [-0.15, -0.1) is 0 Å². The third-order valence-electron chi connectivity index (χ3n) is 4.38. The fourth-order valence-corrected chi connectivity index (χ4v) is 4.01. The third-order valence-corrected chi connectivity index (χ3v) is 5.51. The molecule has 3 aromatic carbocycles. The minimum atomic E-state index is -0.228. The Morgan fingerprint density at radius 3 is 2.61 bits per heavy atom. The van der Waals surface area contributed by atoms with Crippen molar-refractivity contribution in [3.05, 3.63) is 80.4 Å². The number of halogens is 2. The number of nitrogens with one attached hydrogen (secondary N) is 2. The maximum atomic E-state index is 12.3. The molecule has 0 spiro atoms. The van der Waals surface area contributed by atoms with Crippen molar-refractivity contribution < 1.29 is 14.3 Å². The van der Waals surface area contributed by atoms with Gasteiger partial charge in [0, 0.05) is 12.2 Å². The second kappa shape index (κ2) is 11.2. The first-order chi connectivity index (χ1) is 15.0. The molecule has 0 bridgehead atoms. The highest BCUT2D eigenvalue weighted by atomic mass is 127. The molecule has 31 heavy (non-hydrogen) atoms. The summed E-state index contributed by atoms with van der Waals surface area (Å²) in [6.45, 7) is 4.85. The molecule has 0 saturated heterocycles. The summed E-state index contributed by atoms with van der Waals surface area (Å²) in [5, 5.41) is 6.85. The van der Waals surface area contributed by atoms with E-state index in [1.54, 1.807) is 0 Å². The molecule has 1 amide bonds. The quantitative estimate of drug-likeness (QED) is 0.308. The largest absolute Gasteiger partial charge is 0.490 e. The second-order valence-electron chi connectivity index (χ2n) is 6.88. The molecule has 0 aromatic heterocycles. The van der Waals surface area contributed by atoms with Crippen LogP contribution in [-0.4, -0.2) is 19.1 Å². The number of hydrogen-bond donors (Lipinski definition) is 2. The highest BCUT2D eigenvalue weighted by Crippen LogP contribution is 2.35. The molecule has 0 radical (unpaired) electrons. The van der Waals surface area contributed by atoms with Crippen LogP contribution >= 0.6 is 34.2 Å². The Morgan fingerprint density at radius 2 is 1.87 bits per heavy atom. The molecule has 0 aliphatic heterocycles. The van der Waals surface area contributed by atoms with Gasteiger partial charge in [-0.1, -0.05) is 35.9 Å². The highest BCUT2D eigenvalue weighted by molar-refractivity contribution is 14.1. The fraction of sp³-hybridized carbons (Fsp3) is 0.208. The number of carbonyl (C=O) groups is 1. The summed E-state index contributed by atoms with van der Waals surface area (Å²) >= 11 is 8.42. The molecule has 162 valence electrons. The van der Waals surface area contributed by atoms with E-state index >= 15 is 0 Å². The number of anilines is 2. The SMILES string of the molecule is CCOc1cc(CNc2ccccc2Cl)cc(I)c1OCC(=O)Nc1cccc(C)c1. The third kappa shape index (κ3) is 6.77. The van der Waals surface area contributed by atoms with Crippen LogP contribution in [0.4, 0.5) is 11.4 Å². The van der Waals surface area contributed by atoms with Gasteiger partial charge in [0.1, 0.15) is 0 Å². The van der Waals surface area contributed by atoms with E-state index in [1.807, 2.05) is 74.5 Å². The first-order valence-corrected chi connectivity index (χ1v) is 11.3. The first-order valence-electron chi connectivity index (χ1n) is 9.89. The molecule has 0 fully saturated rings. The monoisotopic (exact) mass is 550 g/mol. The van der Waals surface area contributed by atoms with Crippen molar-refractivity contribution in [1.82, 2.24) is 0 Å². The predicted octanol–water partition coefficient (Wildman–Crippen LogP) is 6.28. The zero-order chi connectivity index (χ0) is 22.2. The standard InChI is InChI=1S/C24H24ClIN2O3/c1-3-30-22-13-17(14-27-21-10-5-4-9-19(21)25)12-20(26)24(22)31-15-23(29)28-18-8-6-7-16(2)11-18/h4-13,27H,3,14-15H2,1-2H3,(H,28,29). The number of rotatable bonds is 9. The van der Waals surface area contributed by atoms with Gasteiger partial charge in [0.25, 0.3) is 5.91 Å². The number of ether oxygens (including phenoxy) is 2. The van der Waals surface area contributed by atoms with E-state index in [4.69, 9.17) is 21.1 Å². The van der Waals surface area contributed by atoms with E-state index in [0.29, 0.717) is 29.7 Å². The van der Waals surface area contributed by atoms with Crippen LogP contribution in [0.25, 0.3) is 0 Å². The Hall–Kier alpha value is -2.45. The van der Waals surface area contributed by atoms with Crippen molar-refractivity contribution in [2.45, 2.75) is 20.4 Å². The van der Waals surface area contributed by atoms with Crippen molar-refractivity contribution in [3.8, 4) is 11.5 Å². The lowest BCUT2D eigenvalue weighted by Crippen LogP contribution is -2.20. The number of benzene rings is 3. The van der Waals surface area contributed by atoms with E-state index in [-0.39, 0.29) is 12.5 Å². The molecule has 0 aliphatic carbocycles. The fourth-order valence-electron chi connectivity index (χ4n) is 2.99. The van der Waals surface area contributed by atoms with Crippen molar-refractivity contribution in [2.24, 2.45) is 0 Å². The molecular formula is C24H24ClIN2O3. The average Bonchev–Trinajstić information content (AvgIpc) is 2.73. The van der Waals surface area contributed by atoms with E-state index in [2.05, 4.69) is 33.2 Å². The van der Waals surface area contributed by atoms with E-state index in [9.17, 15) is 4.79 Å². The van der Waals surface area contributed by atoms with Gasteiger partial charge < -0.3 is 20.1 Å². The minimum Gasteiger partial charge on any atom is -0.490 e. The van der Waals surface area contributed by atoms with Crippen LogP contribution in [0.15, 0.2) is 60.7 Å². The molecule has 3 rings (SSSR count). The van der Waals surface area contributed by atoms with Gasteiger partial charge in [0.05, 0.1) is 20.9 Å². The zero-order valence-electron chi connectivity index (χ0n) is 17.4. The summed E-state index contributed by atoms with van der Waals surface area (Å²) < 4.78 is 12.5. The molecule has 3 aromatic rings. The van der Waals surface area contributed by atoms with Gasteiger partial charge in [-0.25, -0.2) is 0 Å². The second-order valence-corrected chi connectivity index (χ2v) is 8.45. The Bertz CT molecular complexity index is 1060. The zero-order valence-corrected chi connectivity index (χ0v) is 20.3. The van der Waals surface area contributed by atoms with Crippen molar-refractivity contribution in [3.63, 3.8) is 0 Å². The summed E-state index contributed by atoms with van der Waals surface area (Å²) in [7, 11) is 0. The van der Waals surface area contributed by atoms with E-state index < -0.39 is 0 Å².